The van der Waals surface area contributed by atoms with Crippen LogP contribution in [0, 0.1) is 0 Å². The molecule has 1 aromatic carbocycles. The fourth-order valence-corrected chi connectivity index (χ4v) is 1.20. The highest BCUT2D eigenvalue weighted by Crippen LogP contribution is 2.23. The summed E-state index contributed by atoms with van der Waals surface area (Å²) in [6, 6.07) is 8.23. The second-order valence-corrected chi connectivity index (χ2v) is 2.75. The standard InChI is InChI=1S/C11H15N.3C2H6/c1-4-9(2)10-7-5-6-8-11(10)12-3;3*1-2/h5-8,12H,2,4H2,1,3H3;3*1-2H3. The van der Waals surface area contributed by atoms with Crippen molar-refractivity contribution in [2.75, 3.05) is 12.4 Å². The Hall–Kier alpha value is -1.24. The molecule has 1 aromatic rings. The lowest BCUT2D eigenvalue weighted by atomic mass is 10.0. The molecule has 0 saturated heterocycles. The zero-order valence-corrected chi connectivity index (χ0v) is 13.7. The largest absolute Gasteiger partial charge is 0.388 e. The van der Waals surface area contributed by atoms with Gasteiger partial charge in [-0.1, -0.05) is 73.2 Å². The molecule has 0 aliphatic carbocycles. The van der Waals surface area contributed by atoms with Gasteiger partial charge in [-0.2, -0.15) is 0 Å². The highest BCUT2D eigenvalue weighted by molar-refractivity contribution is 5.74. The molecular weight excluding hydrogens is 218 g/mol. The number of rotatable bonds is 3. The molecular formula is C17H33N. The molecule has 1 nitrogen and oxygen atoms in total. The molecule has 0 atom stereocenters. The SMILES string of the molecule is C=C(CC)c1ccccc1NC.CC.CC.CC. The van der Waals surface area contributed by atoms with Gasteiger partial charge in [-0.05, 0) is 18.1 Å². The van der Waals surface area contributed by atoms with E-state index in [9.17, 15) is 0 Å². The molecule has 18 heavy (non-hydrogen) atoms. The third-order valence-electron chi connectivity index (χ3n) is 2.00. The van der Waals surface area contributed by atoms with Crippen molar-refractivity contribution >= 4 is 11.3 Å². The summed E-state index contributed by atoms with van der Waals surface area (Å²) in [5.74, 6) is 0. The van der Waals surface area contributed by atoms with Crippen molar-refractivity contribution < 1.29 is 0 Å². The van der Waals surface area contributed by atoms with Crippen LogP contribution in [0.2, 0.25) is 0 Å². The molecule has 0 aliphatic rings. The zero-order chi connectivity index (χ0) is 15.0. The van der Waals surface area contributed by atoms with Gasteiger partial charge < -0.3 is 5.32 Å². The molecule has 1 rings (SSSR count). The maximum atomic E-state index is 4.01. The van der Waals surface area contributed by atoms with E-state index < -0.39 is 0 Å². The van der Waals surface area contributed by atoms with E-state index in [1.807, 2.05) is 60.7 Å². The Morgan fingerprint density at radius 2 is 1.44 bits per heavy atom. The number of anilines is 1. The second-order valence-electron chi connectivity index (χ2n) is 2.75. The summed E-state index contributed by atoms with van der Waals surface area (Å²) in [6.45, 7) is 18.1. The zero-order valence-electron chi connectivity index (χ0n) is 13.7. The Labute approximate surface area is 115 Å². The molecule has 0 aliphatic heterocycles. The quantitative estimate of drug-likeness (QED) is 0.671. The Balaban J connectivity index is -0.000000328. The van der Waals surface area contributed by atoms with Crippen molar-refractivity contribution in [2.24, 2.45) is 0 Å². The minimum Gasteiger partial charge on any atom is -0.388 e. The van der Waals surface area contributed by atoms with E-state index in [4.69, 9.17) is 0 Å². The molecule has 0 radical (unpaired) electrons. The molecule has 0 amide bonds. The maximum Gasteiger partial charge on any atom is 0.0413 e. The summed E-state index contributed by atoms with van der Waals surface area (Å²) in [7, 11) is 1.93. The molecule has 0 aromatic heterocycles. The van der Waals surface area contributed by atoms with Crippen LogP contribution in [-0.4, -0.2) is 7.05 Å². The Morgan fingerprint density at radius 3 is 1.83 bits per heavy atom. The molecule has 0 fully saturated rings. The van der Waals surface area contributed by atoms with Crippen LogP contribution in [0.4, 0.5) is 5.69 Å². The van der Waals surface area contributed by atoms with Crippen LogP contribution in [0.15, 0.2) is 30.8 Å². The van der Waals surface area contributed by atoms with Gasteiger partial charge in [0.1, 0.15) is 0 Å². The van der Waals surface area contributed by atoms with E-state index in [2.05, 4.69) is 31.0 Å². The lowest BCUT2D eigenvalue weighted by Gasteiger charge is -2.09. The summed E-state index contributed by atoms with van der Waals surface area (Å²) >= 11 is 0. The van der Waals surface area contributed by atoms with Crippen molar-refractivity contribution in [2.45, 2.75) is 54.9 Å². The Kier molecular flexibility index (Phi) is 22.1. The molecule has 0 unspecified atom stereocenters. The van der Waals surface area contributed by atoms with Crippen molar-refractivity contribution in [1.29, 1.82) is 0 Å². The topological polar surface area (TPSA) is 12.0 Å². The van der Waals surface area contributed by atoms with Crippen molar-refractivity contribution in [3.8, 4) is 0 Å². The van der Waals surface area contributed by atoms with Crippen LogP contribution in [0.3, 0.4) is 0 Å². The minimum absolute atomic E-state index is 0.999. The predicted octanol–water partition coefficient (Wildman–Crippen LogP) is 6.23. The highest BCUT2D eigenvalue weighted by atomic mass is 14.8. The number of hydrogen-bond donors (Lipinski definition) is 1. The van der Waals surface area contributed by atoms with Crippen molar-refractivity contribution in [1.82, 2.24) is 0 Å². The summed E-state index contributed by atoms with van der Waals surface area (Å²) in [5, 5.41) is 3.15. The molecule has 0 spiro atoms. The first-order chi connectivity index (χ1) is 8.79. The maximum absolute atomic E-state index is 4.01. The van der Waals surface area contributed by atoms with Crippen LogP contribution in [0.25, 0.3) is 5.57 Å². The smallest absolute Gasteiger partial charge is 0.0413 e. The van der Waals surface area contributed by atoms with Crippen LogP contribution >= 0.6 is 0 Å². The highest BCUT2D eigenvalue weighted by Gasteiger charge is 2.00. The van der Waals surface area contributed by atoms with Gasteiger partial charge in [0.2, 0.25) is 0 Å². The lowest BCUT2D eigenvalue weighted by Crippen LogP contribution is -1.93. The van der Waals surface area contributed by atoms with Gasteiger partial charge in [-0.25, -0.2) is 0 Å². The average molecular weight is 251 g/mol. The van der Waals surface area contributed by atoms with Gasteiger partial charge in [0.25, 0.3) is 0 Å². The first-order valence-corrected chi connectivity index (χ1v) is 7.24. The summed E-state index contributed by atoms with van der Waals surface area (Å²) in [5.41, 5.74) is 3.56. The third kappa shape index (κ3) is 8.86. The van der Waals surface area contributed by atoms with Gasteiger partial charge in [0.05, 0.1) is 0 Å². The van der Waals surface area contributed by atoms with Gasteiger partial charge in [0.15, 0.2) is 0 Å². The van der Waals surface area contributed by atoms with Crippen LogP contribution in [-0.2, 0) is 0 Å². The van der Waals surface area contributed by atoms with E-state index >= 15 is 0 Å². The minimum atomic E-state index is 0.999. The van der Waals surface area contributed by atoms with Gasteiger partial charge in [-0.15, -0.1) is 0 Å². The third-order valence-corrected chi connectivity index (χ3v) is 2.00. The molecule has 0 saturated carbocycles. The predicted molar refractivity (Wildman–Crippen MR) is 89.4 cm³/mol. The number of allylic oxidation sites excluding steroid dienone is 1. The molecule has 1 heteroatoms. The van der Waals surface area contributed by atoms with E-state index in [0.717, 1.165) is 12.1 Å². The van der Waals surface area contributed by atoms with Crippen LogP contribution < -0.4 is 5.32 Å². The molecule has 1 N–H and O–H groups in total. The van der Waals surface area contributed by atoms with E-state index in [1.165, 1.54) is 11.1 Å². The summed E-state index contributed by atoms with van der Waals surface area (Å²) in [6.07, 6.45) is 0.999. The second kappa shape index (κ2) is 18.1. The van der Waals surface area contributed by atoms with Gasteiger partial charge in [0, 0.05) is 18.3 Å². The number of benzene rings is 1. The lowest BCUT2D eigenvalue weighted by molar-refractivity contribution is 1.24. The summed E-state index contributed by atoms with van der Waals surface area (Å²) < 4.78 is 0. The summed E-state index contributed by atoms with van der Waals surface area (Å²) in [4.78, 5) is 0. The molecule has 0 heterocycles. The molecule has 106 valence electrons. The van der Waals surface area contributed by atoms with Gasteiger partial charge >= 0.3 is 0 Å². The number of para-hydroxylation sites is 1. The van der Waals surface area contributed by atoms with E-state index in [0.29, 0.717) is 0 Å². The first kappa shape index (κ1) is 22.0. The normalized spacial score (nSPS) is 7.33. The fraction of sp³-hybridized carbons (Fsp3) is 0.529. The van der Waals surface area contributed by atoms with Crippen molar-refractivity contribution in [3.05, 3.63) is 36.4 Å². The van der Waals surface area contributed by atoms with Crippen molar-refractivity contribution in [3.63, 3.8) is 0 Å². The van der Waals surface area contributed by atoms with E-state index in [1.54, 1.807) is 0 Å². The monoisotopic (exact) mass is 251 g/mol. The molecule has 0 bridgehead atoms. The van der Waals surface area contributed by atoms with Gasteiger partial charge in [-0.3, -0.25) is 0 Å². The number of hydrogen-bond acceptors (Lipinski definition) is 1. The number of nitrogens with one attached hydrogen (secondary N) is 1. The Bertz CT molecular complexity index is 277. The first-order valence-electron chi connectivity index (χ1n) is 7.24. The average Bonchev–Trinajstić information content (AvgIpc) is 2.52. The Morgan fingerprint density at radius 1 is 1.00 bits per heavy atom. The van der Waals surface area contributed by atoms with Crippen LogP contribution in [0.5, 0.6) is 0 Å². The fourth-order valence-electron chi connectivity index (χ4n) is 1.20. The van der Waals surface area contributed by atoms with Crippen LogP contribution in [0.1, 0.15) is 60.5 Å². The van der Waals surface area contributed by atoms with E-state index in [-0.39, 0.29) is 0 Å².